The van der Waals surface area contributed by atoms with Crippen LogP contribution in [0.3, 0.4) is 0 Å². The van der Waals surface area contributed by atoms with Gasteiger partial charge in [0.25, 0.3) is 5.91 Å². The largest absolute Gasteiger partial charge is 0.497 e. The molecule has 1 N–H and O–H groups in total. The van der Waals surface area contributed by atoms with E-state index >= 15 is 0 Å². The van der Waals surface area contributed by atoms with Crippen molar-refractivity contribution in [3.05, 3.63) is 60.3 Å². The Labute approximate surface area is 187 Å². The van der Waals surface area contributed by atoms with E-state index in [-0.39, 0.29) is 12.5 Å². The van der Waals surface area contributed by atoms with E-state index in [1.807, 2.05) is 55.5 Å². The van der Waals surface area contributed by atoms with Gasteiger partial charge in [-0.1, -0.05) is 18.2 Å². The van der Waals surface area contributed by atoms with Crippen molar-refractivity contribution in [2.45, 2.75) is 32.0 Å². The molecule has 0 saturated carbocycles. The fraction of sp³-hybridized carbons (Fsp3) is 0.360. The summed E-state index contributed by atoms with van der Waals surface area (Å²) in [5, 5.41) is 11.4. The van der Waals surface area contributed by atoms with Gasteiger partial charge in [-0.15, -0.1) is 0 Å². The Morgan fingerprint density at radius 2 is 1.88 bits per heavy atom. The van der Waals surface area contributed by atoms with Gasteiger partial charge in [-0.3, -0.25) is 9.78 Å². The van der Waals surface area contributed by atoms with Gasteiger partial charge in [0.05, 0.1) is 18.7 Å². The van der Waals surface area contributed by atoms with Crippen molar-refractivity contribution in [3.8, 4) is 17.2 Å². The molecule has 7 nitrogen and oxygen atoms in total. The van der Waals surface area contributed by atoms with Gasteiger partial charge < -0.3 is 24.2 Å². The summed E-state index contributed by atoms with van der Waals surface area (Å²) >= 11 is 0. The molecule has 0 aliphatic carbocycles. The van der Waals surface area contributed by atoms with Gasteiger partial charge in [-0.25, -0.2) is 0 Å². The van der Waals surface area contributed by atoms with Gasteiger partial charge in [0.15, 0.2) is 6.61 Å². The normalized spacial score (nSPS) is 18.8. The number of aliphatic hydroxyl groups excluding tert-OH is 1. The van der Waals surface area contributed by atoms with E-state index in [9.17, 15) is 9.90 Å². The van der Waals surface area contributed by atoms with E-state index in [1.54, 1.807) is 18.1 Å². The predicted octanol–water partition coefficient (Wildman–Crippen LogP) is 3.36. The summed E-state index contributed by atoms with van der Waals surface area (Å²) in [6.45, 7) is 2.78. The summed E-state index contributed by atoms with van der Waals surface area (Å²) in [7, 11) is 1.60. The maximum absolute atomic E-state index is 12.8. The van der Waals surface area contributed by atoms with Gasteiger partial charge in [0, 0.05) is 42.7 Å². The minimum absolute atomic E-state index is 0.0645. The molecule has 0 bridgehead atoms. The van der Waals surface area contributed by atoms with Crippen LogP contribution in [0.1, 0.15) is 18.5 Å². The molecular formula is C25H28N2O5. The lowest BCUT2D eigenvalue weighted by Gasteiger charge is -2.22. The Bertz CT molecular complexity index is 1090. The molecule has 2 atom stereocenters. The smallest absolute Gasteiger partial charge is 0.260 e. The fourth-order valence-electron chi connectivity index (χ4n) is 3.92. The third-order valence-electron chi connectivity index (χ3n) is 5.65. The molecule has 0 radical (unpaired) electrons. The molecule has 2 aromatic carbocycles. The highest BCUT2D eigenvalue weighted by Crippen LogP contribution is 2.26. The van der Waals surface area contributed by atoms with E-state index in [2.05, 4.69) is 4.98 Å². The Morgan fingerprint density at radius 1 is 1.09 bits per heavy atom. The van der Waals surface area contributed by atoms with Crippen molar-refractivity contribution >= 4 is 16.8 Å². The van der Waals surface area contributed by atoms with Crippen LogP contribution in [0.5, 0.6) is 17.2 Å². The summed E-state index contributed by atoms with van der Waals surface area (Å²) in [5.41, 5.74) is 1.67. The number of aryl methyl sites for hydroxylation is 1. The number of rotatable bonds is 6. The first-order valence-electron chi connectivity index (χ1n) is 10.8. The Balaban J connectivity index is 1.37. The molecule has 32 heavy (non-hydrogen) atoms. The molecule has 1 saturated heterocycles. The molecule has 1 fully saturated rings. The summed E-state index contributed by atoms with van der Waals surface area (Å²) in [6.07, 6.45) is -0.0849. The number of pyridine rings is 1. The van der Waals surface area contributed by atoms with E-state index in [1.165, 1.54) is 0 Å². The number of methoxy groups -OCH3 is 1. The molecule has 1 aliphatic rings. The highest BCUT2D eigenvalue weighted by atomic mass is 16.5. The van der Waals surface area contributed by atoms with Gasteiger partial charge in [0.1, 0.15) is 23.4 Å². The Hall–Kier alpha value is -3.32. The summed E-state index contributed by atoms with van der Waals surface area (Å²) in [4.78, 5) is 19.1. The number of carbonyl (C=O) groups excluding carboxylic acids is 1. The maximum Gasteiger partial charge on any atom is 0.260 e. The molecule has 1 aliphatic heterocycles. The van der Waals surface area contributed by atoms with E-state index in [0.29, 0.717) is 43.2 Å². The number of benzene rings is 2. The summed E-state index contributed by atoms with van der Waals surface area (Å²) < 4.78 is 17.1. The van der Waals surface area contributed by atoms with Crippen LogP contribution in [0.25, 0.3) is 10.9 Å². The van der Waals surface area contributed by atoms with E-state index in [4.69, 9.17) is 14.2 Å². The number of likely N-dealkylation sites (tertiary alicyclic amines) is 1. The SMILES string of the molecule is COc1cccc(O[C@H]2CCN(C(=O)COc3cc(C)nc4ccccc34)CC[C@@H]2O)c1. The van der Waals surface area contributed by atoms with Crippen molar-refractivity contribution in [2.24, 2.45) is 0 Å². The lowest BCUT2D eigenvalue weighted by molar-refractivity contribution is -0.133. The maximum atomic E-state index is 12.8. The zero-order valence-electron chi connectivity index (χ0n) is 18.4. The minimum atomic E-state index is -0.660. The number of hydrogen-bond acceptors (Lipinski definition) is 6. The van der Waals surface area contributed by atoms with Crippen LogP contribution in [-0.2, 0) is 4.79 Å². The van der Waals surface area contributed by atoms with Crippen LogP contribution < -0.4 is 14.2 Å². The number of amides is 1. The molecule has 4 rings (SSSR count). The van der Waals surface area contributed by atoms with Crippen LogP contribution in [-0.4, -0.2) is 59.9 Å². The Morgan fingerprint density at radius 3 is 2.72 bits per heavy atom. The number of nitrogens with zero attached hydrogens (tertiary/aromatic N) is 2. The number of fused-ring (bicyclic) bond motifs is 1. The van der Waals surface area contributed by atoms with Gasteiger partial charge >= 0.3 is 0 Å². The fourth-order valence-corrected chi connectivity index (χ4v) is 3.92. The van der Waals surface area contributed by atoms with E-state index < -0.39 is 12.2 Å². The third-order valence-corrected chi connectivity index (χ3v) is 5.65. The van der Waals surface area contributed by atoms with Crippen molar-refractivity contribution < 1.29 is 24.1 Å². The van der Waals surface area contributed by atoms with Crippen LogP contribution >= 0.6 is 0 Å². The van der Waals surface area contributed by atoms with E-state index in [0.717, 1.165) is 16.6 Å². The van der Waals surface area contributed by atoms with Crippen molar-refractivity contribution in [1.29, 1.82) is 0 Å². The lowest BCUT2D eigenvalue weighted by atomic mass is 10.1. The highest BCUT2D eigenvalue weighted by molar-refractivity contribution is 5.86. The van der Waals surface area contributed by atoms with Gasteiger partial charge in [0.2, 0.25) is 0 Å². The summed E-state index contributed by atoms with van der Waals surface area (Å²) in [6, 6.07) is 16.9. The highest BCUT2D eigenvalue weighted by Gasteiger charge is 2.28. The molecule has 0 spiro atoms. The topological polar surface area (TPSA) is 81.1 Å². The molecule has 3 aromatic rings. The molecule has 1 aromatic heterocycles. The average molecular weight is 437 g/mol. The first-order chi connectivity index (χ1) is 15.5. The Kier molecular flexibility index (Phi) is 6.75. The zero-order valence-corrected chi connectivity index (χ0v) is 18.4. The lowest BCUT2D eigenvalue weighted by Crippen LogP contribution is -2.36. The van der Waals surface area contributed by atoms with Crippen LogP contribution in [0.2, 0.25) is 0 Å². The molecule has 168 valence electrons. The molecular weight excluding hydrogens is 408 g/mol. The third kappa shape index (κ3) is 5.11. The van der Waals surface area contributed by atoms with Gasteiger partial charge in [-0.05, 0) is 37.6 Å². The predicted molar refractivity (Wildman–Crippen MR) is 121 cm³/mol. The second-order valence-electron chi connectivity index (χ2n) is 7.93. The second kappa shape index (κ2) is 9.87. The first-order valence-corrected chi connectivity index (χ1v) is 10.8. The average Bonchev–Trinajstić information content (AvgIpc) is 2.99. The van der Waals surface area contributed by atoms with Crippen LogP contribution in [0, 0.1) is 6.92 Å². The standard InChI is InChI=1S/C25H28N2O5/c1-17-14-24(20-8-3-4-9-21(20)26-17)31-16-25(29)27-12-10-22(28)23(11-13-27)32-19-7-5-6-18(15-19)30-2/h3-9,14-15,22-23,28H,10-13,16H2,1-2H3/t22-,23-/m0/s1. The number of carbonyl (C=O) groups is 1. The number of aromatic nitrogens is 1. The monoisotopic (exact) mass is 436 g/mol. The van der Waals surface area contributed by atoms with Crippen LogP contribution in [0.4, 0.5) is 0 Å². The first kappa shape index (κ1) is 21.9. The number of ether oxygens (including phenoxy) is 3. The summed E-state index contributed by atoms with van der Waals surface area (Å²) in [5.74, 6) is 1.86. The van der Waals surface area contributed by atoms with Crippen LogP contribution in [0.15, 0.2) is 54.6 Å². The quantitative estimate of drug-likeness (QED) is 0.638. The minimum Gasteiger partial charge on any atom is -0.497 e. The van der Waals surface area contributed by atoms with Gasteiger partial charge in [-0.2, -0.15) is 0 Å². The molecule has 2 heterocycles. The van der Waals surface area contributed by atoms with Crippen molar-refractivity contribution in [3.63, 3.8) is 0 Å². The number of aliphatic hydroxyl groups is 1. The van der Waals surface area contributed by atoms with Crippen molar-refractivity contribution in [2.75, 3.05) is 26.8 Å². The zero-order chi connectivity index (χ0) is 22.5. The molecule has 0 unspecified atom stereocenters. The number of para-hydroxylation sites is 1. The molecule has 7 heteroatoms. The molecule has 1 amide bonds. The number of hydrogen-bond donors (Lipinski definition) is 1. The second-order valence-corrected chi connectivity index (χ2v) is 7.93. The van der Waals surface area contributed by atoms with Crippen molar-refractivity contribution in [1.82, 2.24) is 9.88 Å².